The highest BCUT2D eigenvalue weighted by atomic mass is 35.5. The van der Waals surface area contributed by atoms with E-state index in [9.17, 15) is 4.79 Å². The average molecular weight is 366 g/mol. The van der Waals surface area contributed by atoms with Crippen molar-refractivity contribution in [3.8, 4) is 0 Å². The molecule has 1 amide bonds. The quantitative estimate of drug-likeness (QED) is 0.662. The molecule has 2 aromatic carbocycles. The van der Waals surface area contributed by atoms with Gasteiger partial charge in [-0.1, -0.05) is 48.0 Å². The molecule has 0 aliphatic heterocycles. The van der Waals surface area contributed by atoms with E-state index < -0.39 is 0 Å². The molecule has 0 aliphatic carbocycles. The van der Waals surface area contributed by atoms with E-state index in [0.717, 1.165) is 23.4 Å². The summed E-state index contributed by atoms with van der Waals surface area (Å²) in [4.78, 5) is 16.5. The SMILES string of the molecule is Cc1ccc(Nc2cncc(C(=O)NCCc3ccccc3)c2)cc1Cl. The van der Waals surface area contributed by atoms with E-state index in [1.54, 1.807) is 18.5 Å². The van der Waals surface area contributed by atoms with Crippen LogP contribution >= 0.6 is 11.6 Å². The van der Waals surface area contributed by atoms with E-state index >= 15 is 0 Å². The van der Waals surface area contributed by atoms with Crippen LogP contribution < -0.4 is 10.6 Å². The minimum atomic E-state index is -0.140. The number of hydrogen-bond donors (Lipinski definition) is 2. The first-order valence-electron chi connectivity index (χ1n) is 8.42. The minimum absolute atomic E-state index is 0.140. The average Bonchev–Trinajstić information content (AvgIpc) is 2.66. The van der Waals surface area contributed by atoms with Gasteiger partial charge in [-0.05, 0) is 42.7 Å². The Morgan fingerprint density at radius 3 is 2.62 bits per heavy atom. The van der Waals surface area contributed by atoms with Gasteiger partial charge in [-0.2, -0.15) is 0 Å². The number of halogens is 1. The molecule has 0 aliphatic rings. The molecule has 4 nitrogen and oxygen atoms in total. The molecule has 0 bridgehead atoms. The van der Waals surface area contributed by atoms with Gasteiger partial charge in [-0.15, -0.1) is 0 Å². The third kappa shape index (κ3) is 4.83. The van der Waals surface area contributed by atoms with Crippen molar-refractivity contribution in [2.45, 2.75) is 13.3 Å². The maximum absolute atomic E-state index is 12.3. The lowest BCUT2D eigenvalue weighted by atomic mass is 10.1. The molecule has 0 radical (unpaired) electrons. The summed E-state index contributed by atoms with van der Waals surface area (Å²) in [5.41, 5.74) is 4.31. The number of nitrogens with one attached hydrogen (secondary N) is 2. The first kappa shape index (κ1) is 18.0. The summed E-state index contributed by atoms with van der Waals surface area (Å²) < 4.78 is 0. The number of carbonyl (C=O) groups excluding carboxylic acids is 1. The van der Waals surface area contributed by atoms with Crippen LogP contribution in [-0.4, -0.2) is 17.4 Å². The molecule has 3 aromatic rings. The van der Waals surface area contributed by atoms with Gasteiger partial charge in [0, 0.05) is 23.5 Å². The van der Waals surface area contributed by atoms with Gasteiger partial charge in [0.05, 0.1) is 17.4 Å². The highest BCUT2D eigenvalue weighted by Gasteiger charge is 2.07. The molecule has 132 valence electrons. The van der Waals surface area contributed by atoms with Gasteiger partial charge in [0.1, 0.15) is 0 Å². The number of rotatable bonds is 6. The Labute approximate surface area is 158 Å². The largest absolute Gasteiger partial charge is 0.354 e. The van der Waals surface area contributed by atoms with Crippen LogP contribution in [0.5, 0.6) is 0 Å². The summed E-state index contributed by atoms with van der Waals surface area (Å²) in [6.07, 6.45) is 4.03. The van der Waals surface area contributed by atoms with Crippen molar-refractivity contribution < 1.29 is 4.79 Å². The van der Waals surface area contributed by atoms with Gasteiger partial charge in [-0.25, -0.2) is 0 Å². The van der Waals surface area contributed by atoms with Gasteiger partial charge < -0.3 is 10.6 Å². The second-order valence-electron chi connectivity index (χ2n) is 6.04. The summed E-state index contributed by atoms with van der Waals surface area (Å²) in [6, 6.07) is 17.6. The Balaban J connectivity index is 1.60. The summed E-state index contributed by atoms with van der Waals surface area (Å²) in [7, 11) is 0. The van der Waals surface area contributed by atoms with Crippen molar-refractivity contribution >= 4 is 28.9 Å². The van der Waals surface area contributed by atoms with Crippen molar-refractivity contribution in [3.63, 3.8) is 0 Å². The van der Waals surface area contributed by atoms with Crippen molar-refractivity contribution in [1.82, 2.24) is 10.3 Å². The summed E-state index contributed by atoms with van der Waals surface area (Å²) >= 11 is 6.15. The standard InChI is InChI=1S/C21H20ClN3O/c1-15-7-8-18(12-20(15)22)25-19-11-17(13-23-14-19)21(26)24-10-9-16-5-3-2-4-6-16/h2-8,11-14,25H,9-10H2,1H3,(H,24,26). The number of benzene rings is 2. The van der Waals surface area contributed by atoms with E-state index in [-0.39, 0.29) is 5.91 Å². The van der Waals surface area contributed by atoms with Crippen LogP contribution in [0, 0.1) is 6.92 Å². The second-order valence-corrected chi connectivity index (χ2v) is 6.45. The molecule has 5 heteroatoms. The molecule has 0 unspecified atom stereocenters. The molecule has 3 rings (SSSR count). The van der Waals surface area contributed by atoms with Crippen molar-refractivity contribution in [2.75, 3.05) is 11.9 Å². The molecule has 1 heterocycles. The molecular formula is C21H20ClN3O. The summed E-state index contributed by atoms with van der Waals surface area (Å²) in [6.45, 7) is 2.53. The predicted octanol–water partition coefficient (Wildman–Crippen LogP) is 4.76. The summed E-state index contributed by atoms with van der Waals surface area (Å²) in [5, 5.41) is 6.84. The maximum atomic E-state index is 12.3. The van der Waals surface area contributed by atoms with E-state index in [2.05, 4.69) is 15.6 Å². The van der Waals surface area contributed by atoms with E-state index in [1.807, 2.05) is 55.5 Å². The lowest BCUT2D eigenvalue weighted by Gasteiger charge is -2.10. The molecule has 0 fully saturated rings. The number of amides is 1. The Bertz CT molecular complexity index is 897. The maximum Gasteiger partial charge on any atom is 0.252 e. The molecule has 1 aromatic heterocycles. The van der Waals surface area contributed by atoms with Gasteiger partial charge in [-0.3, -0.25) is 9.78 Å². The second kappa shape index (κ2) is 8.50. The van der Waals surface area contributed by atoms with Gasteiger partial charge in [0.15, 0.2) is 0 Å². The van der Waals surface area contributed by atoms with Crippen LogP contribution in [0.15, 0.2) is 67.0 Å². The first-order chi connectivity index (χ1) is 12.6. The van der Waals surface area contributed by atoms with Crippen molar-refractivity contribution in [3.05, 3.63) is 88.7 Å². The zero-order valence-electron chi connectivity index (χ0n) is 14.5. The summed E-state index contributed by atoms with van der Waals surface area (Å²) in [5.74, 6) is -0.140. The number of hydrogen-bond acceptors (Lipinski definition) is 3. The fourth-order valence-electron chi connectivity index (χ4n) is 2.54. The molecule has 0 atom stereocenters. The smallest absolute Gasteiger partial charge is 0.252 e. The zero-order valence-corrected chi connectivity index (χ0v) is 15.3. The van der Waals surface area contributed by atoms with Gasteiger partial charge in [0.25, 0.3) is 5.91 Å². The lowest BCUT2D eigenvalue weighted by molar-refractivity contribution is 0.0954. The fourth-order valence-corrected chi connectivity index (χ4v) is 2.72. The van der Waals surface area contributed by atoms with E-state index in [1.165, 1.54) is 5.56 Å². The van der Waals surface area contributed by atoms with Crippen LogP contribution in [0.4, 0.5) is 11.4 Å². The van der Waals surface area contributed by atoms with Crippen LogP contribution in [0.3, 0.4) is 0 Å². The topological polar surface area (TPSA) is 54.0 Å². The number of carbonyl (C=O) groups is 1. The van der Waals surface area contributed by atoms with E-state index in [4.69, 9.17) is 11.6 Å². The lowest BCUT2D eigenvalue weighted by Crippen LogP contribution is -2.25. The van der Waals surface area contributed by atoms with Crippen LogP contribution in [0.1, 0.15) is 21.5 Å². The first-order valence-corrected chi connectivity index (χ1v) is 8.80. The van der Waals surface area contributed by atoms with Crippen molar-refractivity contribution in [2.24, 2.45) is 0 Å². The molecule has 0 saturated heterocycles. The zero-order chi connectivity index (χ0) is 18.4. The number of aryl methyl sites for hydroxylation is 1. The molecule has 0 saturated carbocycles. The number of aromatic nitrogens is 1. The molecule has 26 heavy (non-hydrogen) atoms. The molecule has 0 spiro atoms. The Hall–Kier alpha value is -2.85. The Morgan fingerprint density at radius 2 is 1.85 bits per heavy atom. The monoisotopic (exact) mass is 365 g/mol. The van der Waals surface area contributed by atoms with Crippen molar-refractivity contribution in [1.29, 1.82) is 0 Å². The highest BCUT2D eigenvalue weighted by Crippen LogP contribution is 2.23. The Morgan fingerprint density at radius 1 is 1.04 bits per heavy atom. The van der Waals surface area contributed by atoms with Gasteiger partial charge >= 0.3 is 0 Å². The third-order valence-corrected chi connectivity index (χ3v) is 4.41. The highest BCUT2D eigenvalue weighted by molar-refractivity contribution is 6.31. The number of nitrogens with zero attached hydrogens (tertiary/aromatic N) is 1. The Kier molecular flexibility index (Phi) is 5.87. The third-order valence-electron chi connectivity index (χ3n) is 4.00. The molecule has 2 N–H and O–H groups in total. The van der Waals surface area contributed by atoms with Crippen LogP contribution in [0.2, 0.25) is 5.02 Å². The van der Waals surface area contributed by atoms with Crippen LogP contribution in [-0.2, 0) is 6.42 Å². The van der Waals surface area contributed by atoms with E-state index in [0.29, 0.717) is 17.1 Å². The number of anilines is 2. The fraction of sp³-hybridized carbons (Fsp3) is 0.143. The van der Waals surface area contributed by atoms with Crippen LogP contribution in [0.25, 0.3) is 0 Å². The molecular weight excluding hydrogens is 346 g/mol. The minimum Gasteiger partial charge on any atom is -0.354 e. The normalized spacial score (nSPS) is 10.4. The van der Waals surface area contributed by atoms with Gasteiger partial charge in [0.2, 0.25) is 0 Å². The predicted molar refractivity (Wildman–Crippen MR) is 106 cm³/mol. The number of pyridine rings is 1.